The average Bonchev–Trinajstić information content (AvgIpc) is 2.84. The summed E-state index contributed by atoms with van der Waals surface area (Å²) in [5, 5.41) is 0. The third-order valence-electron chi connectivity index (χ3n) is 3.41. The maximum atomic E-state index is 12.3. The number of ether oxygens (including phenoxy) is 1. The van der Waals surface area contributed by atoms with Gasteiger partial charge in [-0.05, 0) is 5.56 Å². The summed E-state index contributed by atoms with van der Waals surface area (Å²) in [5.74, 6) is -1.13. The van der Waals surface area contributed by atoms with E-state index in [0.717, 1.165) is 10.5 Å². The fraction of sp³-hybridized carbons (Fsp3) is 0.118. The topological polar surface area (TPSA) is 63.7 Å². The Bertz CT molecular complexity index is 712. The van der Waals surface area contributed by atoms with Crippen molar-refractivity contribution in [2.45, 2.75) is 12.6 Å². The number of carbonyl (C=O) groups is 3. The molecule has 0 bridgehead atoms. The molecule has 2 aromatic rings. The average molecular weight is 295 g/mol. The molecule has 22 heavy (non-hydrogen) atoms. The Hall–Kier alpha value is -2.95. The molecule has 2 aromatic carbocycles. The van der Waals surface area contributed by atoms with Crippen LogP contribution in [0.15, 0.2) is 60.7 Å². The first-order chi connectivity index (χ1) is 10.7. The maximum absolute atomic E-state index is 12.3. The summed E-state index contributed by atoms with van der Waals surface area (Å²) in [6.07, 6.45) is -2.18. The van der Waals surface area contributed by atoms with E-state index in [1.807, 2.05) is 18.2 Å². The van der Waals surface area contributed by atoms with Crippen molar-refractivity contribution in [3.05, 3.63) is 71.8 Å². The van der Waals surface area contributed by atoms with Crippen molar-refractivity contribution in [3.8, 4) is 0 Å². The van der Waals surface area contributed by atoms with Crippen LogP contribution >= 0.6 is 0 Å². The summed E-state index contributed by atoms with van der Waals surface area (Å²) in [6, 6.07) is 17.4. The van der Waals surface area contributed by atoms with Gasteiger partial charge in [0.05, 0.1) is 6.54 Å². The Balaban J connectivity index is 1.78. The number of Topliss-reactive ketones (excluding diaryl/α,β-unsaturated/α-hetero) is 1. The highest BCUT2D eigenvalue weighted by Crippen LogP contribution is 2.20. The van der Waals surface area contributed by atoms with E-state index in [9.17, 15) is 14.4 Å². The maximum Gasteiger partial charge on any atom is 0.418 e. The minimum atomic E-state index is -1.39. The van der Waals surface area contributed by atoms with Gasteiger partial charge in [0.25, 0.3) is 5.91 Å². The zero-order valence-electron chi connectivity index (χ0n) is 11.6. The lowest BCUT2D eigenvalue weighted by Gasteiger charge is -2.10. The fourth-order valence-corrected chi connectivity index (χ4v) is 2.27. The molecule has 0 aromatic heterocycles. The molecule has 0 radical (unpaired) electrons. The highest BCUT2D eigenvalue weighted by atomic mass is 16.6. The van der Waals surface area contributed by atoms with Crippen molar-refractivity contribution >= 4 is 17.8 Å². The first-order valence-electron chi connectivity index (χ1n) is 6.82. The number of hydrogen-bond acceptors (Lipinski definition) is 4. The SMILES string of the molecule is O=C(c1ccccc1)C1OC(=O)N(Cc2ccccc2)C1=O. The van der Waals surface area contributed by atoms with Gasteiger partial charge in [-0.2, -0.15) is 0 Å². The molecule has 1 heterocycles. The first-order valence-corrected chi connectivity index (χ1v) is 6.82. The minimum Gasteiger partial charge on any atom is -0.427 e. The molecule has 1 atom stereocenters. The third kappa shape index (κ3) is 2.61. The van der Waals surface area contributed by atoms with E-state index in [-0.39, 0.29) is 6.54 Å². The lowest BCUT2D eigenvalue weighted by molar-refractivity contribution is -0.128. The Morgan fingerprint density at radius 1 is 0.955 bits per heavy atom. The third-order valence-corrected chi connectivity index (χ3v) is 3.41. The summed E-state index contributed by atoms with van der Waals surface area (Å²) in [6.45, 7) is 0.0943. The molecule has 1 aliphatic rings. The lowest BCUT2D eigenvalue weighted by atomic mass is 10.1. The summed E-state index contributed by atoms with van der Waals surface area (Å²) in [4.78, 5) is 37.4. The van der Waals surface area contributed by atoms with Crippen molar-refractivity contribution in [1.29, 1.82) is 0 Å². The van der Waals surface area contributed by atoms with Crippen molar-refractivity contribution in [1.82, 2.24) is 4.90 Å². The normalized spacial score (nSPS) is 17.5. The molecule has 1 fully saturated rings. The van der Waals surface area contributed by atoms with Crippen LogP contribution in [-0.4, -0.2) is 28.8 Å². The summed E-state index contributed by atoms with van der Waals surface area (Å²) < 4.78 is 4.96. The Morgan fingerprint density at radius 2 is 1.55 bits per heavy atom. The Labute approximate surface area is 127 Å². The molecular weight excluding hydrogens is 282 g/mol. The number of imide groups is 1. The van der Waals surface area contributed by atoms with Gasteiger partial charge in [0.15, 0.2) is 0 Å². The van der Waals surface area contributed by atoms with Crippen LogP contribution in [0.4, 0.5) is 4.79 Å². The number of nitrogens with zero attached hydrogens (tertiary/aromatic N) is 1. The van der Waals surface area contributed by atoms with Gasteiger partial charge in [0, 0.05) is 5.56 Å². The van der Waals surface area contributed by atoms with Gasteiger partial charge in [-0.1, -0.05) is 60.7 Å². The molecule has 3 rings (SSSR count). The van der Waals surface area contributed by atoms with E-state index in [2.05, 4.69) is 0 Å². The highest BCUT2D eigenvalue weighted by Gasteiger charge is 2.45. The van der Waals surface area contributed by atoms with E-state index < -0.39 is 23.9 Å². The predicted octanol–water partition coefficient (Wildman–Crippen LogP) is 2.42. The van der Waals surface area contributed by atoms with Crippen LogP contribution in [0.25, 0.3) is 0 Å². The molecule has 0 aliphatic carbocycles. The van der Waals surface area contributed by atoms with Crippen LogP contribution in [0.5, 0.6) is 0 Å². The minimum absolute atomic E-state index is 0.0943. The molecule has 1 aliphatic heterocycles. The van der Waals surface area contributed by atoms with Crippen LogP contribution in [0.2, 0.25) is 0 Å². The highest BCUT2D eigenvalue weighted by molar-refractivity contribution is 6.18. The number of hydrogen-bond donors (Lipinski definition) is 0. The van der Waals surface area contributed by atoms with Crippen LogP contribution in [0.1, 0.15) is 15.9 Å². The van der Waals surface area contributed by atoms with Gasteiger partial charge in [0.2, 0.25) is 11.9 Å². The number of benzene rings is 2. The second-order valence-corrected chi connectivity index (χ2v) is 4.90. The van der Waals surface area contributed by atoms with Crippen molar-refractivity contribution in [2.75, 3.05) is 0 Å². The van der Waals surface area contributed by atoms with Crippen LogP contribution in [-0.2, 0) is 16.1 Å². The number of carbonyl (C=O) groups excluding carboxylic acids is 3. The molecule has 0 spiro atoms. The van der Waals surface area contributed by atoms with Crippen molar-refractivity contribution in [3.63, 3.8) is 0 Å². The van der Waals surface area contributed by atoms with Gasteiger partial charge in [-0.3, -0.25) is 9.59 Å². The van der Waals surface area contributed by atoms with E-state index in [4.69, 9.17) is 4.74 Å². The molecule has 5 nitrogen and oxygen atoms in total. The molecule has 1 unspecified atom stereocenters. The molecular formula is C17H13NO4. The van der Waals surface area contributed by atoms with E-state index in [1.54, 1.807) is 42.5 Å². The van der Waals surface area contributed by atoms with E-state index >= 15 is 0 Å². The van der Waals surface area contributed by atoms with Crippen LogP contribution in [0.3, 0.4) is 0 Å². The summed E-state index contributed by atoms with van der Waals surface area (Å²) in [5.41, 5.74) is 1.14. The van der Waals surface area contributed by atoms with Crippen LogP contribution < -0.4 is 0 Å². The van der Waals surface area contributed by atoms with Gasteiger partial charge in [-0.15, -0.1) is 0 Å². The molecule has 0 saturated carbocycles. The van der Waals surface area contributed by atoms with Gasteiger partial charge < -0.3 is 4.74 Å². The zero-order chi connectivity index (χ0) is 15.5. The van der Waals surface area contributed by atoms with Crippen molar-refractivity contribution in [2.24, 2.45) is 0 Å². The number of ketones is 1. The molecule has 1 saturated heterocycles. The quantitative estimate of drug-likeness (QED) is 0.642. The van der Waals surface area contributed by atoms with Crippen molar-refractivity contribution < 1.29 is 19.1 Å². The second-order valence-electron chi connectivity index (χ2n) is 4.90. The van der Waals surface area contributed by atoms with E-state index in [0.29, 0.717) is 5.56 Å². The van der Waals surface area contributed by atoms with Gasteiger partial charge in [0.1, 0.15) is 0 Å². The number of rotatable bonds is 4. The second kappa shape index (κ2) is 5.81. The Morgan fingerprint density at radius 3 is 2.18 bits per heavy atom. The lowest BCUT2D eigenvalue weighted by Crippen LogP contribution is -2.34. The fourth-order valence-electron chi connectivity index (χ4n) is 2.27. The zero-order valence-corrected chi connectivity index (χ0v) is 11.6. The largest absolute Gasteiger partial charge is 0.427 e. The molecule has 110 valence electrons. The molecule has 0 N–H and O–H groups in total. The van der Waals surface area contributed by atoms with Gasteiger partial charge in [-0.25, -0.2) is 9.69 Å². The standard InChI is InChI=1S/C17H13NO4/c19-14(13-9-5-2-6-10-13)15-16(20)18(17(21)22-15)11-12-7-3-1-4-8-12/h1-10,15H,11H2. The smallest absolute Gasteiger partial charge is 0.418 e. The number of cyclic esters (lactones) is 1. The monoisotopic (exact) mass is 295 g/mol. The molecule has 2 amide bonds. The summed E-state index contributed by atoms with van der Waals surface area (Å²) in [7, 11) is 0. The van der Waals surface area contributed by atoms with Crippen LogP contribution in [0, 0.1) is 0 Å². The number of amides is 2. The predicted molar refractivity (Wildman–Crippen MR) is 78.0 cm³/mol. The molecule has 5 heteroatoms. The van der Waals surface area contributed by atoms with Gasteiger partial charge >= 0.3 is 6.09 Å². The Kier molecular flexibility index (Phi) is 3.70. The first kappa shape index (κ1) is 14.0. The van der Waals surface area contributed by atoms with E-state index in [1.165, 1.54) is 0 Å². The summed E-state index contributed by atoms with van der Waals surface area (Å²) >= 11 is 0.